The summed E-state index contributed by atoms with van der Waals surface area (Å²) >= 11 is 0. The lowest BCUT2D eigenvalue weighted by Crippen LogP contribution is -2.16. The van der Waals surface area contributed by atoms with Crippen molar-refractivity contribution in [3.63, 3.8) is 0 Å². The van der Waals surface area contributed by atoms with Crippen LogP contribution < -0.4 is 10.6 Å². The average Bonchev–Trinajstić information content (AvgIpc) is 2.41. The van der Waals surface area contributed by atoms with E-state index in [9.17, 15) is 9.18 Å². The van der Waals surface area contributed by atoms with E-state index in [0.29, 0.717) is 18.1 Å². The first kappa shape index (κ1) is 13.9. The van der Waals surface area contributed by atoms with Crippen molar-refractivity contribution in [3.05, 3.63) is 47.7 Å². The SMILES string of the molecule is CCNc1ncc(F)cc1C(=O)Nc1ccnc(C)c1. The van der Waals surface area contributed by atoms with E-state index in [4.69, 9.17) is 0 Å². The number of carbonyl (C=O) groups excluding carboxylic acids is 1. The highest BCUT2D eigenvalue weighted by molar-refractivity contribution is 6.07. The molecular formula is C14H15FN4O. The molecule has 0 atom stereocenters. The molecule has 2 N–H and O–H groups in total. The Morgan fingerprint density at radius 2 is 2.15 bits per heavy atom. The first-order chi connectivity index (χ1) is 9.60. The van der Waals surface area contributed by atoms with E-state index in [1.807, 2.05) is 13.8 Å². The van der Waals surface area contributed by atoms with E-state index in [1.54, 1.807) is 18.3 Å². The lowest BCUT2D eigenvalue weighted by molar-refractivity contribution is 0.102. The average molecular weight is 274 g/mol. The van der Waals surface area contributed by atoms with Crippen LogP contribution in [-0.4, -0.2) is 22.4 Å². The maximum Gasteiger partial charge on any atom is 0.259 e. The van der Waals surface area contributed by atoms with Crippen molar-refractivity contribution in [2.75, 3.05) is 17.2 Å². The van der Waals surface area contributed by atoms with Crippen molar-refractivity contribution in [1.82, 2.24) is 9.97 Å². The second-order valence-corrected chi connectivity index (χ2v) is 4.22. The van der Waals surface area contributed by atoms with Gasteiger partial charge in [0.05, 0.1) is 11.8 Å². The largest absolute Gasteiger partial charge is 0.370 e. The van der Waals surface area contributed by atoms with Crippen LogP contribution in [-0.2, 0) is 0 Å². The molecule has 0 unspecified atom stereocenters. The zero-order chi connectivity index (χ0) is 14.5. The van der Waals surface area contributed by atoms with Crippen molar-refractivity contribution in [1.29, 1.82) is 0 Å². The van der Waals surface area contributed by atoms with Crippen LogP contribution in [0.2, 0.25) is 0 Å². The number of amides is 1. The summed E-state index contributed by atoms with van der Waals surface area (Å²) in [5.41, 5.74) is 1.56. The van der Waals surface area contributed by atoms with Crippen molar-refractivity contribution >= 4 is 17.4 Å². The highest BCUT2D eigenvalue weighted by Crippen LogP contribution is 2.16. The maximum atomic E-state index is 13.3. The summed E-state index contributed by atoms with van der Waals surface area (Å²) < 4.78 is 13.3. The summed E-state index contributed by atoms with van der Waals surface area (Å²) in [6.07, 6.45) is 2.67. The summed E-state index contributed by atoms with van der Waals surface area (Å²) in [5.74, 6) is -0.613. The van der Waals surface area contributed by atoms with Gasteiger partial charge in [-0.2, -0.15) is 0 Å². The number of nitrogens with zero attached hydrogens (tertiary/aromatic N) is 2. The lowest BCUT2D eigenvalue weighted by atomic mass is 10.2. The predicted octanol–water partition coefficient (Wildman–Crippen LogP) is 2.61. The molecule has 0 spiro atoms. The fraction of sp³-hybridized carbons (Fsp3) is 0.214. The molecule has 2 rings (SSSR count). The van der Waals surface area contributed by atoms with E-state index in [-0.39, 0.29) is 5.56 Å². The Bertz CT molecular complexity index is 630. The van der Waals surface area contributed by atoms with Gasteiger partial charge >= 0.3 is 0 Å². The van der Waals surface area contributed by atoms with Gasteiger partial charge in [0.2, 0.25) is 0 Å². The second kappa shape index (κ2) is 6.10. The number of aryl methyl sites for hydroxylation is 1. The number of anilines is 2. The number of rotatable bonds is 4. The molecule has 2 heterocycles. The number of pyridine rings is 2. The number of hydrogen-bond donors (Lipinski definition) is 2. The Kier molecular flexibility index (Phi) is 4.24. The summed E-state index contributed by atoms with van der Waals surface area (Å²) in [5, 5.41) is 5.63. The minimum atomic E-state index is -0.553. The minimum absolute atomic E-state index is 0.168. The Labute approximate surface area is 116 Å². The van der Waals surface area contributed by atoms with Crippen molar-refractivity contribution in [3.8, 4) is 0 Å². The van der Waals surface area contributed by atoms with Gasteiger partial charge in [0.15, 0.2) is 0 Å². The molecule has 0 aromatic carbocycles. The van der Waals surface area contributed by atoms with E-state index >= 15 is 0 Å². The predicted molar refractivity (Wildman–Crippen MR) is 75.3 cm³/mol. The lowest BCUT2D eigenvalue weighted by Gasteiger charge is -2.10. The number of aromatic nitrogens is 2. The van der Waals surface area contributed by atoms with Crippen LogP contribution in [0, 0.1) is 12.7 Å². The summed E-state index contributed by atoms with van der Waals surface area (Å²) in [4.78, 5) is 20.1. The molecule has 104 valence electrons. The van der Waals surface area contributed by atoms with Gasteiger partial charge in [0, 0.05) is 24.1 Å². The van der Waals surface area contributed by atoms with Crippen LogP contribution in [0.25, 0.3) is 0 Å². The Morgan fingerprint density at radius 1 is 1.35 bits per heavy atom. The van der Waals surface area contributed by atoms with Gasteiger partial charge in [-0.15, -0.1) is 0 Å². The molecule has 2 aromatic heterocycles. The summed E-state index contributed by atoms with van der Waals surface area (Å²) in [6, 6.07) is 4.57. The molecular weight excluding hydrogens is 259 g/mol. The molecule has 0 aliphatic carbocycles. The standard InChI is InChI=1S/C14H15FN4O/c1-3-16-13-12(7-10(15)8-18-13)14(20)19-11-4-5-17-9(2)6-11/h4-8H,3H2,1-2H3,(H,16,18)(H,17,19,20). The maximum absolute atomic E-state index is 13.3. The fourth-order valence-electron chi connectivity index (χ4n) is 1.74. The van der Waals surface area contributed by atoms with E-state index in [1.165, 1.54) is 0 Å². The molecule has 2 aromatic rings. The van der Waals surface area contributed by atoms with Crippen LogP contribution in [0.5, 0.6) is 0 Å². The molecule has 0 saturated carbocycles. The molecule has 1 amide bonds. The molecule has 0 aliphatic heterocycles. The highest BCUT2D eigenvalue weighted by Gasteiger charge is 2.14. The Hall–Kier alpha value is -2.50. The van der Waals surface area contributed by atoms with Gasteiger partial charge in [0.25, 0.3) is 5.91 Å². The van der Waals surface area contributed by atoms with Crippen molar-refractivity contribution < 1.29 is 9.18 Å². The molecule has 0 radical (unpaired) electrons. The van der Waals surface area contributed by atoms with Crippen LogP contribution in [0.15, 0.2) is 30.6 Å². The van der Waals surface area contributed by atoms with Gasteiger partial charge in [-0.25, -0.2) is 9.37 Å². The monoisotopic (exact) mass is 274 g/mol. The van der Waals surface area contributed by atoms with Gasteiger partial charge < -0.3 is 10.6 Å². The van der Waals surface area contributed by atoms with Crippen LogP contribution in [0.1, 0.15) is 23.0 Å². The summed E-state index contributed by atoms with van der Waals surface area (Å²) in [7, 11) is 0. The molecule has 0 bridgehead atoms. The van der Waals surface area contributed by atoms with Gasteiger partial charge in [-0.1, -0.05) is 0 Å². The van der Waals surface area contributed by atoms with E-state index < -0.39 is 11.7 Å². The van der Waals surface area contributed by atoms with Crippen LogP contribution >= 0.6 is 0 Å². The zero-order valence-corrected chi connectivity index (χ0v) is 11.3. The van der Waals surface area contributed by atoms with Crippen molar-refractivity contribution in [2.45, 2.75) is 13.8 Å². The minimum Gasteiger partial charge on any atom is -0.370 e. The molecule has 5 nitrogen and oxygen atoms in total. The quantitative estimate of drug-likeness (QED) is 0.899. The van der Waals surface area contributed by atoms with Gasteiger partial charge in [-0.05, 0) is 32.0 Å². The number of hydrogen-bond acceptors (Lipinski definition) is 4. The second-order valence-electron chi connectivity index (χ2n) is 4.22. The van der Waals surface area contributed by atoms with Crippen LogP contribution in [0.3, 0.4) is 0 Å². The van der Waals surface area contributed by atoms with E-state index in [2.05, 4.69) is 20.6 Å². The Morgan fingerprint density at radius 3 is 2.85 bits per heavy atom. The topological polar surface area (TPSA) is 66.9 Å². The molecule has 20 heavy (non-hydrogen) atoms. The first-order valence-electron chi connectivity index (χ1n) is 6.23. The molecule has 6 heteroatoms. The van der Waals surface area contributed by atoms with Crippen molar-refractivity contribution in [2.24, 2.45) is 0 Å². The summed E-state index contributed by atoms with van der Waals surface area (Å²) in [6.45, 7) is 4.29. The smallest absolute Gasteiger partial charge is 0.259 e. The third-order valence-corrected chi connectivity index (χ3v) is 2.60. The van der Waals surface area contributed by atoms with E-state index in [0.717, 1.165) is 18.0 Å². The number of nitrogens with one attached hydrogen (secondary N) is 2. The third kappa shape index (κ3) is 3.28. The fourth-order valence-corrected chi connectivity index (χ4v) is 1.74. The number of halogens is 1. The third-order valence-electron chi connectivity index (χ3n) is 2.60. The van der Waals surface area contributed by atoms with Gasteiger partial charge in [-0.3, -0.25) is 9.78 Å². The highest BCUT2D eigenvalue weighted by atomic mass is 19.1. The normalized spacial score (nSPS) is 10.2. The number of carbonyl (C=O) groups is 1. The zero-order valence-electron chi connectivity index (χ0n) is 11.3. The Balaban J connectivity index is 2.26. The molecule has 0 fully saturated rings. The van der Waals surface area contributed by atoms with Crippen LogP contribution in [0.4, 0.5) is 15.9 Å². The van der Waals surface area contributed by atoms with Gasteiger partial charge in [0.1, 0.15) is 11.6 Å². The molecule has 0 aliphatic rings. The molecule has 0 saturated heterocycles. The first-order valence-corrected chi connectivity index (χ1v) is 6.23.